The average Bonchev–Trinajstić information content (AvgIpc) is 2.74. The molecule has 2 aromatic rings. The number of hydrogen-bond donors (Lipinski definition) is 1. The van der Waals surface area contributed by atoms with Gasteiger partial charge in [-0.1, -0.05) is 5.16 Å². The summed E-state index contributed by atoms with van der Waals surface area (Å²) in [5, 5.41) is 15.8. The molecule has 0 saturated heterocycles. The van der Waals surface area contributed by atoms with Gasteiger partial charge in [-0.05, 0) is 19.1 Å². The van der Waals surface area contributed by atoms with Gasteiger partial charge in [0, 0.05) is 25.6 Å². The first-order valence-electron chi connectivity index (χ1n) is 5.59. The molecule has 0 aliphatic carbocycles. The Morgan fingerprint density at radius 2 is 2.17 bits per heavy atom. The van der Waals surface area contributed by atoms with Gasteiger partial charge in [-0.2, -0.15) is 10.2 Å². The van der Waals surface area contributed by atoms with Gasteiger partial charge in [0.25, 0.3) is 0 Å². The molecule has 0 radical (unpaired) electrons. The summed E-state index contributed by atoms with van der Waals surface area (Å²) in [5.74, 6) is 1.91. The van der Waals surface area contributed by atoms with E-state index in [2.05, 4.69) is 26.5 Å². The summed E-state index contributed by atoms with van der Waals surface area (Å²) in [6.07, 6.45) is 0.648. The SMILES string of the molecule is Cc1cc(C#N)cc(NCCc2noc(C)n2)n1. The number of nitrogens with one attached hydrogen (secondary N) is 1. The van der Waals surface area contributed by atoms with Crippen molar-refractivity contribution in [1.29, 1.82) is 5.26 Å². The van der Waals surface area contributed by atoms with Gasteiger partial charge in [-0.25, -0.2) is 4.98 Å². The maximum absolute atomic E-state index is 8.85. The molecule has 0 fully saturated rings. The summed E-state index contributed by atoms with van der Waals surface area (Å²) in [4.78, 5) is 8.39. The lowest BCUT2D eigenvalue weighted by atomic mass is 10.2. The van der Waals surface area contributed by atoms with Crippen LogP contribution < -0.4 is 5.32 Å². The fourth-order valence-electron chi connectivity index (χ4n) is 1.57. The molecule has 2 heterocycles. The number of anilines is 1. The minimum atomic E-state index is 0.561. The van der Waals surface area contributed by atoms with Gasteiger partial charge < -0.3 is 9.84 Å². The van der Waals surface area contributed by atoms with Gasteiger partial charge in [0.05, 0.1) is 11.6 Å². The summed E-state index contributed by atoms with van der Waals surface area (Å²) < 4.78 is 4.88. The monoisotopic (exact) mass is 243 g/mol. The standard InChI is InChI=1S/C12H13N5O/c1-8-5-10(7-13)6-12(15-8)14-4-3-11-16-9(2)18-17-11/h5-6H,3-4H2,1-2H3,(H,14,15). The van der Waals surface area contributed by atoms with Crippen LogP contribution in [-0.2, 0) is 6.42 Å². The van der Waals surface area contributed by atoms with E-state index in [1.165, 1.54) is 0 Å². The number of hydrogen-bond acceptors (Lipinski definition) is 6. The van der Waals surface area contributed by atoms with E-state index < -0.39 is 0 Å². The Bertz CT molecular complexity index is 584. The van der Waals surface area contributed by atoms with Crippen molar-refractivity contribution < 1.29 is 4.52 Å². The second-order valence-electron chi connectivity index (χ2n) is 3.90. The largest absolute Gasteiger partial charge is 0.370 e. The minimum Gasteiger partial charge on any atom is -0.370 e. The highest BCUT2D eigenvalue weighted by Gasteiger charge is 2.03. The van der Waals surface area contributed by atoms with E-state index in [1.807, 2.05) is 6.92 Å². The van der Waals surface area contributed by atoms with Crippen LogP contribution in [0.25, 0.3) is 0 Å². The summed E-state index contributed by atoms with van der Waals surface area (Å²) in [7, 11) is 0. The van der Waals surface area contributed by atoms with E-state index in [1.54, 1.807) is 19.1 Å². The molecule has 0 aliphatic rings. The molecule has 0 aromatic carbocycles. The first-order chi connectivity index (χ1) is 8.67. The molecule has 6 heteroatoms. The predicted octanol–water partition coefficient (Wildman–Crippen LogP) is 1.61. The molecule has 1 N–H and O–H groups in total. The van der Waals surface area contributed by atoms with Gasteiger partial charge in [-0.3, -0.25) is 0 Å². The summed E-state index contributed by atoms with van der Waals surface area (Å²) >= 11 is 0. The van der Waals surface area contributed by atoms with E-state index >= 15 is 0 Å². The molecule has 2 rings (SSSR count). The van der Waals surface area contributed by atoms with Gasteiger partial charge in [-0.15, -0.1) is 0 Å². The summed E-state index contributed by atoms with van der Waals surface area (Å²) in [6.45, 7) is 4.25. The Balaban J connectivity index is 1.94. The van der Waals surface area contributed by atoms with Crippen molar-refractivity contribution in [2.24, 2.45) is 0 Å². The lowest BCUT2D eigenvalue weighted by molar-refractivity contribution is 0.387. The van der Waals surface area contributed by atoms with E-state index in [-0.39, 0.29) is 0 Å². The molecule has 0 spiro atoms. The van der Waals surface area contributed by atoms with Crippen molar-refractivity contribution in [2.45, 2.75) is 20.3 Å². The van der Waals surface area contributed by atoms with Crippen LogP contribution in [0.5, 0.6) is 0 Å². The van der Waals surface area contributed by atoms with Crippen LogP contribution in [0.1, 0.15) is 23.0 Å². The molecule has 18 heavy (non-hydrogen) atoms. The lowest BCUT2D eigenvalue weighted by Crippen LogP contribution is -2.08. The molecule has 6 nitrogen and oxygen atoms in total. The fourth-order valence-corrected chi connectivity index (χ4v) is 1.57. The highest BCUT2D eigenvalue weighted by molar-refractivity contribution is 5.44. The smallest absolute Gasteiger partial charge is 0.223 e. The van der Waals surface area contributed by atoms with Crippen molar-refractivity contribution in [3.63, 3.8) is 0 Å². The zero-order valence-corrected chi connectivity index (χ0v) is 10.3. The number of nitriles is 1. The second kappa shape index (κ2) is 5.27. The highest BCUT2D eigenvalue weighted by Crippen LogP contribution is 2.09. The van der Waals surface area contributed by atoms with Gasteiger partial charge >= 0.3 is 0 Å². The summed E-state index contributed by atoms with van der Waals surface area (Å²) in [6, 6.07) is 5.56. The molecule has 0 saturated carbocycles. The number of pyridine rings is 1. The van der Waals surface area contributed by atoms with Crippen molar-refractivity contribution in [3.8, 4) is 6.07 Å². The van der Waals surface area contributed by atoms with Crippen molar-refractivity contribution in [1.82, 2.24) is 15.1 Å². The second-order valence-corrected chi connectivity index (χ2v) is 3.90. The molecular formula is C12H13N5O. The van der Waals surface area contributed by atoms with E-state index in [0.29, 0.717) is 36.1 Å². The van der Waals surface area contributed by atoms with Gasteiger partial charge in [0.2, 0.25) is 5.89 Å². The van der Waals surface area contributed by atoms with Crippen LogP contribution in [0, 0.1) is 25.2 Å². The Morgan fingerprint density at radius 3 is 2.83 bits per heavy atom. The Morgan fingerprint density at radius 1 is 1.33 bits per heavy atom. The number of aromatic nitrogens is 3. The first-order valence-corrected chi connectivity index (χ1v) is 5.59. The molecule has 92 valence electrons. The third kappa shape index (κ3) is 3.04. The highest BCUT2D eigenvalue weighted by atomic mass is 16.5. The third-order valence-corrected chi connectivity index (χ3v) is 2.31. The van der Waals surface area contributed by atoms with Crippen LogP contribution in [0.2, 0.25) is 0 Å². The minimum absolute atomic E-state index is 0.561. The topological polar surface area (TPSA) is 87.6 Å². The lowest BCUT2D eigenvalue weighted by Gasteiger charge is -2.05. The maximum Gasteiger partial charge on any atom is 0.223 e. The summed E-state index contributed by atoms with van der Waals surface area (Å²) in [5.41, 5.74) is 1.41. The fraction of sp³-hybridized carbons (Fsp3) is 0.333. The van der Waals surface area contributed by atoms with E-state index in [4.69, 9.17) is 9.78 Å². The van der Waals surface area contributed by atoms with Crippen molar-refractivity contribution in [2.75, 3.05) is 11.9 Å². The van der Waals surface area contributed by atoms with Crippen molar-refractivity contribution >= 4 is 5.82 Å². The normalized spacial score (nSPS) is 10.1. The number of aryl methyl sites for hydroxylation is 2. The molecule has 0 atom stereocenters. The van der Waals surface area contributed by atoms with Crippen LogP contribution >= 0.6 is 0 Å². The number of nitrogens with zero attached hydrogens (tertiary/aromatic N) is 4. The van der Waals surface area contributed by atoms with E-state index in [9.17, 15) is 0 Å². The first kappa shape index (κ1) is 12.0. The van der Waals surface area contributed by atoms with Gasteiger partial charge in [0.15, 0.2) is 5.82 Å². The average molecular weight is 243 g/mol. The predicted molar refractivity (Wildman–Crippen MR) is 64.9 cm³/mol. The quantitative estimate of drug-likeness (QED) is 0.877. The Kier molecular flexibility index (Phi) is 3.53. The zero-order valence-electron chi connectivity index (χ0n) is 10.3. The molecule has 2 aromatic heterocycles. The van der Waals surface area contributed by atoms with Gasteiger partial charge in [0.1, 0.15) is 5.82 Å². The Hall–Kier alpha value is -2.42. The van der Waals surface area contributed by atoms with Crippen LogP contribution in [-0.4, -0.2) is 21.7 Å². The van der Waals surface area contributed by atoms with Crippen molar-refractivity contribution in [3.05, 3.63) is 35.1 Å². The number of rotatable bonds is 4. The molecule has 0 bridgehead atoms. The molecule has 0 aliphatic heterocycles. The Labute approximate surface area is 105 Å². The molecule has 0 unspecified atom stereocenters. The van der Waals surface area contributed by atoms with Crippen LogP contribution in [0.4, 0.5) is 5.82 Å². The third-order valence-electron chi connectivity index (χ3n) is 2.31. The van der Waals surface area contributed by atoms with Crippen LogP contribution in [0.15, 0.2) is 16.7 Å². The van der Waals surface area contributed by atoms with Crippen LogP contribution in [0.3, 0.4) is 0 Å². The van der Waals surface area contributed by atoms with E-state index in [0.717, 1.165) is 5.69 Å². The zero-order chi connectivity index (χ0) is 13.0. The maximum atomic E-state index is 8.85. The molecule has 0 amide bonds. The molecular weight excluding hydrogens is 230 g/mol.